The summed E-state index contributed by atoms with van der Waals surface area (Å²) < 4.78 is 5.96. The van der Waals surface area contributed by atoms with Gasteiger partial charge in [-0.15, -0.1) is 0 Å². The van der Waals surface area contributed by atoms with Gasteiger partial charge in [-0.25, -0.2) is 0 Å². The van der Waals surface area contributed by atoms with E-state index in [1.165, 1.54) is 36.1 Å². The minimum atomic E-state index is 0.788. The SMILES string of the molecule is CCCCCCOc1ccccc1CNc1ccccc1C. The van der Waals surface area contributed by atoms with Gasteiger partial charge in [-0.1, -0.05) is 62.6 Å². The van der Waals surface area contributed by atoms with E-state index in [-0.39, 0.29) is 0 Å². The lowest BCUT2D eigenvalue weighted by molar-refractivity contribution is 0.302. The number of rotatable bonds is 9. The minimum absolute atomic E-state index is 0.788. The monoisotopic (exact) mass is 297 g/mol. The molecule has 22 heavy (non-hydrogen) atoms. The highest BCUT2D eigenvalue weighted by Crippen LogP contribution is 2.21. The smallest absolute Gasteiger partial charge is 0.124 e. The average molecular weight is 297 g/mol. The summed E-state index contributed by atoms with van der Waals surface area (Å²) in [5.74, 6) is 1.00. The lowest BCUT2D eigenvalue weighted by atomic mass is 10.1. The molecule has 2 rings (SSSR count). The van der Waals surface area contributed by atoms with E-state index < -0.39 is 0 Å². The van der Waals surface area contributed by atoms with Crippen LogP contribution >= 0.6 is 0 Å². The van der Waals surface area contributed by atoms with Crippen molar-refractivity contribution in [2.75, 3.05) is 11.9 Å². The van der Waals surface area contributed by atoms with Crippen LogP contribution in [0.15, 0.2) is 48.5 Å². The molecule has 0 radical (unpaired) electrons. The Bertz CT molecular complexity index is 565. The van der Waals surface area contributed by atoms with Crippen LogP contribution in [-0.4, -0.2) is 6.61 Å². The molecule has 0 spiro atoms. The second kappa shape index (κ2) is 9.14. The minimum Gasteiger partial charge on any atom is -0.493 e. The molecule has 0 amide bonds. The number of ether oxygens (including phenoxy) is 1. The number of anilines is 1. The zero-order valence-electron chi connectivity index (χ0n) is 13.8. The summed E-state index contributed by atoms with van der Waals surface area (Å²) in [5.41, 5.74) is 3.65. The standard InChI is InChI=1S/C20H27NO/c1-3-4-5-10-15-22-20-14-9-7-12-18(20)16-21-19-13-8-6-11-17(19)2/h6-9,11-14,21H,3-5,10,15-16H2,1-2H3. The molecule has 2 nitrogen and oxygen atoms in total. The van der Waals surface area contributed by atoms with Crippen LogP contribution in [0.4, 0.5) is 5.69 Å². The molecule has 0 aromatic heterocycles. The first-order chi connectivity index (χ1) is 10.8. The van der Waals surface area contributed by atoms with E-state index in [2.05, 4.69) is 61.6 Å². The van der Waals surface area contributed by atoms with Crippen molar-refractivity contribution in [3.63, 3.8) is 0 Å². The molecule has 0 fully saturated rings. The van der Waals surface area contributed by atoms with Crippen molar-refractivity contribution in [2.45, 2.75) is 46.1 Å². The molecule has 2 aromatic carbocycles. The van der Waals surface area contributed by atoms with E-state index in [4.69, 9.17) is 4.74 Å². The van der Waals surface area contributed by atoms with Crippen LogP contribution in [0.25, 0.3) is 0 Å². The van der Waals surface area contributed by atoms with Crippen molar-refractivity contribution in [1.82, 2.24) is 0 Å². The summed E-state index contributed by atoms with van der Waals surface area (Å²) in [5, 5.41) is 3.50. The predicted molar refractivity (Wildman–Crippen MR) is 94.6 cm³/mol. The number of nitrogens with one attached hydrogen (secondary N) is 1. The van der Waals surface area contributed by atoms with E-state index in [1.807, 2.05) is 6.07 Å². The maximum atomic E-state index is 5.96. The average Bonchev–Trinajstić information content (AvgIpc) is 2.55. The van der Waals surface area contributed by atoms with Crippen LogP contribution < -0.4 is 10.1 Å². The quantitative estimate of drug-likeness (QED) is 0.611. The number of hydrogen-bond acceptors (Lipinski definition) is 2. The van der Waals surface area contributed by atoms with Crippen LogP contribution in [0.2, 0.25) is 0 Å². The summed E-state index contributed by atoms with van der Waals surface area (Å²) in [4.78, 5) is 0. The van der Waals surface area contributed by atoms with Crippen molar-refractivity contribution in [3.8, 4) is 5.75 Å². The first-order valence-electron chi connectivity index (χ1n) is 8.31. The van der Waals surface area contributed by atoms with Gasteiger partial charge in [0.05, 0.1) is 6.61 Å². The fourth-order valence-electron chi connectivity index (χ4n) is 2.46. The number of aryl methyl sites for hydroxylation is 1. The lowest BCUT2D eigenvalue weighted by Crippen LogP contribution is -2.05. The molecule has 0 saturated heterocycles. The first kappa shape index (κ1) is 16.4. The van der Waals surface area contributed by atoms with E-state index in [9.17, 15) is 0 Å². The molecule has 0 atom stereocenters. The molecule has 0 heterocycles. The molecule has 0 aliphatic carbocycles. The number of benzene rings is 2. The normalized spacial score (nSPS) is 10.5. The molecule has 2 heteroatoms. The van der Waals surface area contributed by atoms with Crippen molar-refractivity contribution in [1.29, 1.82) is 0 Å². The van der Waals surface area contributed by atoms with Gasteiger partial charge in [0.15, 0.2) is 0 Å². The number of hydrogen-bond donors (Lipinski definition) is 1. The summed E-state index contributed by atoms with van der Waals surface area (Å²) in [6, 6.07) is 16.7. The van der Waals surface area contributed by atoms with Crippen molar-refractivity contribution < 1.29 is 4.74 Å². The Kier molecular flexibility index (Phi) is 6.82. The van der Waals surface area contributed by atoms with Gasteiger partial charge in [0.1, 0.15) is 5.75 Å². The molecule has 0 saturated carbocycles. The Labute approximate surface area is 134 Å². The van der Waals surface area contributed by atoms with Gasteiger partial charge < -0.3 is 10.1 Å². The van der Waals surface area contributed by atoms with Gasteiger partial charge in [0.2, 0.25) is 0 Å². The van der Waals surface area contributed by atoms with E-state index in [0.29, 0.717) is 0 Å². The Morgan fingerprint density at radius 2 is 1.68 bits per heavy atom. The molecule has 118 valence electrons. The highest BCUT2D eigenvalue weighted by molar-refractivity contribution is 5.51. The fourth-order valence-corrected chi connectivity index (χ4v) is 2.46. The van der Waals surface area contributed by atoms with Gasteiger partial charge in [0, 0.05) is 17.8 Å². The molecule has 0 aliphatic rings. The molecule has 1 N–H and O–H groups in total. The summed E-state index contributed by atoms with van der Waals surface area (Å²) >= 11 is 0. The molecule has 2 aromatic rings. The zero-order chi connectivity index (χ0) is 15.6. The molecular weight excluding hydrogens is 270 g/mol. The third-order valence-electron chi connectivity index (χ3n) is 3.84. The largest absolute Gasteiger partial charge is 0.493 e. The van der Waals surface area contributed by atoms with Gasteiger partial charge in [-0.3, -0.25) is 0 Å². The summed E-state index contributed by atoms with van der Waals surface area (Å²) in [6.07, 6.45) is 4.93. The first-order valence-corrected chi connectivity index (χ1v) is 8.31. The molecule has 0 bridgehead atoms. The predicted octanol–water partition coefficient (Wildman–Crippen LogP) is 5.57. The Morgan fingerprint density at radius 3 is 2.50 bits per heavy atom. The highest BCUT2D eigenvalue weighted by Gasteiger charge is 2.04. The third kappa shape index (κ3) is 5.10. The third-order valence-corrected chi connectivity index (χ3v) is 3.84. The van der Waals surface area contributed by atoms with E-state index in [1.54, 1.807) is 0 Å². The Morgan fingerprint density at radius 1 is 0.909 bits per heavy atom. The molecule has 0 aliphatic heterocycles. The maximum absolute atomic E-state index is 5.96. The fraction of sp³-hybridized carbons (Fsp3) is 0.400. The maximum Gasteiger partial charge on any atom is 0.124 e. The molecule has 0 unspecified atom stereocenters. The van der Waals surface area contributed by atoms with Gasteiger partial charge >= 0.3 is 0 Å². The van der Waals surface area contributed by atoms with Crippen LogP contribution in [0, 0.1) is 6.92 Å². The van der Waals surface area contributed by atoms with Crippen molar-refractivity contribution in [3.05, 3.63) is 59.7 Å². The molecular formula is C20H27NO. The second-order valence-corrected chi connectivity index (χ2v) is 5.69. The van der Waals surface area contributed by atoms with Crippen molar-refractivity contribution >= 4 is 5.69 Å². The lowest BCUT2D eigenvalue weighted by Gasteiger charge is -2.14. The van der Waals surface area contributed by atoms with Crippen molar-refractivity contribution in [2.24, 2.45) is 0 Å². The van der Waals surface area contributed by atoms with E-state index >= 15 is 0 Å². The number of unbranched alkanes of at least 4 members (excludes halogenated alkanes) is 3. The van der Waals surface area contributed by atoms with Crippen LogP contribution in [-0.2, 0) is 6.54 Å². The summed E-state index contributed by atoms with van der Waals surface area (Å²) in [6.45, 7) is 5.95. The van der Waals surface area contributed by atoms with Crippen LogP contribution in [0.1, 0.15) is 43.7 Å². The highest BCUT2D eigenvalue weighted by atomic mass is 16.5. The van der Waals surface area contributed by atoms with E-state index in [0.717, 1.165) is 25.3 Å². The number of para-hydroxylation sites is 2. The van der Waals surface area contributed by atoms with Gasteiger partial charge in [-0.05, 0) is 31.0 Å². The Balaban J connectivity index is 1.89. The van der Waals surface area contributed by atoms with Gasteiger partial charge in [0.25, 0.3) is 0 Å². The van der Waals surface area contributed by atoms with Gasteiger partial charge in [-0.2, -0.15) is 0 Å². The topological polar surface area (TPSA) is 21.3 Å². The van der Waals surface area contributed by atoms with Crippen LogP contribution in [0.3, 0.4) is 0 Å². The summed E-state index contributed by atoms with van der Waals surface area (Å²) in [7, 11) is 0. The Hall–Kier alpha value is -1.96. The van der Waals surface area contributed by atoms with Crippen LogP contribution in [0.5, 0.6) is 5.75 Å². The zero-order valence-corrected chi connectivity index (χ0v) is 13.8. The second-order valence-electron chi connectivity index (χ2n) is 5.69.